The molecule has 0 radical (unpaired) electrons. The summed E-state index contributed by atoms with van der Waals surface area (Å²) in [6, 6.07) is 0. The Morgan fingerprint density at radius 1 is 1.20 bits per heavy atom. The van der Waals surface area contributed by atoms with Gasteiger partial charge >= 0.3 is 0 Å². The number of hydrogen-bond donors (Lipinski definition) is 0. The Kier molecular flexibility index (Phi) is 3.87. The second-order valence-electron chi connectivity index (χ2n) is 4.36. The van der Waals surface area contributed by atoms with Crippen LogP contribution in [0.15, 0.2) is 0 Å². The molecule has 0 aromatic carbocycles. The van der Waals surface area contributed by atoms with E-state index in [2.05, 4.69) is 0 Å². The number of alkyl halides is 1. The van der Waals surface area contributed by atoms with Crippen LogP contribution >= 0.6 is 11.6 Å². The van der Waals surface area contributed by atoms with Crippen LogP contribution in [0, 0.1) is 0 Å². The first-order valence-electron chi connectivity index (χ1n) is 5.82. The van der Waals surface area contributed by atoms with Crippen molar-refractivity contribution in [1.29, 1.82) is 0 Å². The number of halogens is 1. The van der Waals surface area contributed by atoms with Crippen molar-refractivity contribution in [2.75, 3.05) is 19.7 Å². The van der Waals surface area contributed by atoms with Crippen molar-refractivity contribution in [3.8, 4) is 0 Å². The zero-order valence-corrected chi connectivity index (χ0v) is 9.71. The second-order valence-corrected chi connectivity index (χ2v) is 4.97. The first-order chi connectivity index (χ1) is 7.27. The summed E-state index contributed by atoms with van der Waals surface area (Å²) in [6.45, 7) is 2.34. The number of nitrogens with zero attached hydrogens (tertiary/aromatic N) is 1. The molecule has 2 saturated heterocycles. The van der Waals surface area contributed by atoms with Gasteiger partial charge in [-0.15, -0.1) is 11.6 Å². The van der Waals surface area contributed by atoms with Crippen LogP contribution in [0.2, 0.25) is 0 Å². The third kappa shape index (κ3) is 2.85. The predicted octanol–water partition coefficient (Wildman–Crippen LogP) is 1.79. The summed E-state index contributed by atoms with van der Waals surface area (Å²) in [6.07, 6.45) is 4.75. The van der Waals surface area contributed by atoms with Gasteiger partial charge in [0.15, 0.2) is 0 Å². The number of amides is 1. The number of ether oxygens (including phenoxy) is 1. The van der Waals surface area contributed by atoms with Gasteiger partial charge in [0.2, 0.25) is 0 Å². The molecule has 15 heavy (non-hydrogen) atoms. The summed E-state index contributed by atoms with van der Waals surface area (Å²) >= 11 is 6.00. The van der Waals surface area contributed by atoms with Crippen LogP contribution in [0.1, 0.15) is 32.1 Å². The highest BCUT2D eigenvalue weighted by molar-refractivity contribution is 6.20. The number of rotatable bonds is 1. The quantitative estimate of drug-likeness (QED) is 0.644. The van der Waals surface area contributed by atoms with Crippen molar-refractivity contribution in [3.63, 3.8) is 0 Å². The summed E-state index contributed by atoms with van der Waals surface area (Å²) in [5.74, 6) is 0.179. The Hall–Kier alpha value is -0.280. The van der Waals surface area contributed by atoms with Gasteiger partial charge in [-0.1, -0.05) is 0 Å². The summed E-state index contributed by atoms with van der Waals surface area (Å²) < 4.78 is 5.50. The molecule has 86 valence electrons. The Morgan fingerprint density at radius 3 is 2.53 bits per heavy atom. The fourth-order valence-electron chi connectivity index (χ4n) is 2.21. The molecular weight excluding hydrogens is 214 g/mol. The number of carbonyl (C=O) groups is 1. The molecule has 2 rings (SSSR count). The topological polar surface area (TPSA) is 29.5 Å². The Balaban J connectivity index is 1.84. The van der Waals surface area contributed by atoms with E-state index in [0.29, 0.717) is 0 Å². The first kappa shape index (κ1) is 11.2. The van der Waals surface area contributed by atoms with Crippen molar-refractivity contribution < 1.29 is 9.53 Å². The van der Waals surface area contributed by atoms with E-state index >= 15 is 0 Å². The lowest BCUT2D eigenvalue weighted by Crippen LogP contribution is -2.45. The molecule has 2 heterocycles. The number of carbonyl (C=O) groups excluding carboxylic acids is 1. The lowest BCUT2D eigenvalue weighted by molar-refractivity contribution is -0.147. The molecule has 0 N–H and O–H groups in total. The highest BCUT2D eigenvalue weighted by Crippen LogP contribution is 2.20. The van der Waals surface area contributed by atoms with Crippen molar-refractivity contribution in [2.45, 2.75) is 43.6 Å². The standard InChI is InChI=1S/C11H18ClNO2/c12-9-4-6-13(7-5-9)11(14)10-3-1-2-8-15-10/h9-10H,1-8H2. The predicted molar refractivity (Wildman–Crippen MR) is 59.0 cm³/mol. The zero-order chi connectivity index (χ0) is 10.7. The molecule has 4 heteroatoms. The lowest BCUT2D eigenvalue weighted by atomic mass is 10.1. The summed E-state index contributed by atoms with van der Waals surface area (Å²) in [5, 5.41) is 0.251. The van der Waals surface area contributed by atoms with Crippen molar-refractivity contribution in [1.82, 2.24) is 4.90 Å². The van der Waals surface area contributed by atoms with Crippen LogP contribution in [0.3, 0.4) is 0 Å². The fourth-order valence-corrected chi connectivity index (χ4v) is 2.40. The van der Waals surface area contributed by atoms with Crippen molar-refractivity contribution in [2.24, 2.45) is 0 Å². The van der Waals surface area contributed by atoms with Crippen LogP contribution in [-0.4, -0.2) is 42.0 Å². The van der Waals surface area contributed by atoms with Gasteiger partial charge in [0.25, 0.3) is 5.91 Å². The van der Waals surface area contributed by atoms with Crippen LogP contribution in [0.5, 0.6) is 0 Å². The molecule has 1 atom stereocenters. The second kappa shape index (κ2) is 5.17. The number of likely N-dealkylation sites (tertiary alicyclic amines) is 1. The van der Waals surface area contributed by atoms with Crippen LogP contribution in [0.4, 0.5) is 0 Å². The van der Waals surface area contributed by atoms with Crippen LogP contribution < -0.4 is 0 Å². The molecular formula is C11H18ClNO2. The molecule has 3 nitrogen and oxygen atoms in total. The van der Waals surface area contributed by atoms with E-state index in [1.54, 1.807) is 0 Å². The van der Waals surface area contributed by atoms with E-state index in [9.17, 15) is 4.79 Å². The van der Waals surface area contributed by atoms with E-state index in [1.807, 2.05) is 4.90 Å². The van der Waals surface area contributed by atoms with E-state index in [1.165, 1.54) is 0 Å². The fraction of sp³-hybridized carbons (Fsp3) is 0.909. The van der Waals surface area contributed by atoms with Crippen LogP contribution in [-0.2, 0) is 9.53 Å². The van der Waals surface area contributed by atoms with Gasteiger partial charge in [0, 0.05) is 25.1 Å². The molecule has 2 aliphatic heterocycles. The summed E-state index contributed by atoms with van der Waals surface area (Å²) in [7, 11) is 0. The average molecular weight is 232 g/mol. The minimum atomic E-state index is -0.175. The number of hydrogen-bond acceptors (Lipinski definition) is 2. The molecule has 0 bridgehead atoms. The van der Waals surface area contributed by atoms with Crippen LogP contribution in [0.25, 0.3) is 0 Å². The Labute approximate surface area is 95.7 Å². The molecule has 0 aliphatic carbocycles. The largest absolute Gasteiger partial charge is 0.368 e. The van der Waals surface area contributed by atoms with Gasteiger partial charge in [-0.3, -0.25) is 4.79 Å². The minimum Gasteiger partial charge on any atom is -0.368 e. The molecule has 1 amide bonds. The SMILES string of the molecule is O=C(C1CCCCO1)N1CCC(Cl)CC1. The van der Waals surface area contributed by atoms with E-state index < -0.39 is 0 Å². The van der Waals surface area contributed by atoms with Gasteiger partial charge in [-0.05, 0) is 32.1 Å². The van der Waals surface area contributed by atoms with E-state index in [0.717, 1.165) is 51.8 Å². The maximum atomic E-state index is 12.0. The third-order valence-electron chi connectivity index (χ3n) is 3.19. The number of piperidine rings is 1. The molecule has 1 unspecified atom stereocenters. The van der Waals surface area contributed by atoms with Gasteiger partial charge in [0.1, 0.15) is 6.10 Å². The van der Waals surface area contributed by atoms with Gasteiger partial charge in [-0.25, -0.2) is 0 Å². The monoisotopic (exact) mass is 231 g/mol. The lowest BCUT2D eigenvalue weighted by Gasteiger charge is -2.33. The Bertz CT molecular complexity index is 221. The highest BCUT2D eigenvalue weighted by atomic mass is 35.5. The zero-order valence-electron chi connectivity index (χ0n) is 8.95. The normalized spacial score (nSPS) is 29.1. The highest BCUT2D eigenvalue weighted by Gasteiger charge is 2.29. The molecule has 0 spiro atoms. The molecule has 0 aromatic heterocycles. The van der Waals surface area contributed by atoms with Crippen molar-refractivity contribution >= 4 is 17.5 Å². The van der Waals surface area contributed by atoms with Gasteiger partial charge in [-0.2, -0.15) is 0 Å². The summed E-state index contributed by atoms with van der Waals surface area (Å²) in [4.78, 5) is 13.9. The van der Waals surface area contributed by atoms with Gasteiger partial charge < -0.3 is 9.64 Å². The molecule has 2 aliphatic rings. The maximum Gasteiger partial charge on any atom is 0.251 e. The molecule has 2 fully saturated rings. The maximum absolute atomic E-state index is 12.0. The van der Waals surface area contributed by atoms with Gasteiger partial charge in [0.05, 0.1) is 0 Å². The smallest absolute Gasteiger partial charge is 0.251 e. The van der Waals surface area contributed by atoms with Crippen molar-refractivity contribution in [3.05, 3.63) is 0 Å². The first-order valence-corrected chi connectivity index (χ1v) is 6.25. The molecule has 0 saturated carbocycles. The Morgan fingerprint density at radius 2 is 1.93 bits per heavy atom. The van der Waals surface area contributed by atoms with E-state index in [4.69, 9.17) is 16.3 Å². The molecule has 0 aromatic rings. The summed E-state index contributed by atoms with van der Waals surface area (Å²) in [5.41, 5.74) is 0. The third-order valence-corrected chi connectivity index (χ3v) is 3.63. The average Bonchev–Trinajstić information content (AvgIpc) is 2.30. The van der Waals surface area contributed by atoms with E-state index in [-0.39, 0.29) is 17.4 Å². The minimum absolute atomic E-state index is 0.175.